The van der Waals surface area contributed by atoms with Gasteiger partial charge in [0.1, 0.15) is 74.0 Å². The normalized spacial score (nSPS) is 18.5. The van der Waals surface area contributed by atoms with Crippen molar-refractivity contribution in [3.8, 4) is 0 Å². The second kappa shape index (κ2) is 65.5. The highest BCUT2D eigenvalue weighted by Gasteiger charge is 2.36. The van der Waals surface area contributed by atoms with E-state index in [9.17, 15) is 81.4 Å². The summed E-state index contributed by atoms with van der Waals surface area (Å²) in [6.45, 7) is 0.469. The molecular formula is C74H113FN18O27S3. The fourth-order valence-corrected chi connectivity index (χ4v) is 13.6. The number of halogens is 1. The van der Waals surface area contributed by atoms with Crippen molar-refractivity contribution >= 4 is 134 Å². The molecule has 20 N–H and O–H groups in total. The Morgan fingerprint density at radius 2 is 0.984 bits per heavy atom. The number of carboxylic acids is 1. The van der Waals surface area contributed by atoms with Crippen LogP contribution in [0.5, 0.6) is 0 Å². The van der Waals surface area contributed by atoms with E-state index >= 15 is 0 Å². The van der Waals surface area contributed by atoms with Crippen LogP contribution in [-0.4, -0.2) is 349 Å². The number of amides is 14. The number of nitrogens with two attached hydrogens (primary N) is 2. The lowest BCUT2D eigenvalue weighted by atomic mass is 10.0. The van der Waals surface area contributed by atoms with E-state index in [1.54, 1.807) is 30.3 Å². The first kappa shape index (κ1) is 105. The number of nitrogens with zero attached hydrogens (tertiary/aromatic N) is 1. The third kappa shape index (κ3) is 52.1. The number of aliphatic carboxylic acids is 1. The van der Waals surface area contributed by atoms with E-state index in [-0.39, 0.29) is 180 Å². The number of thioether (sulfide) groups is 1. The Balaban J connectivity index is 1.36. The number of amidine groups is 1. The topological polar surface area (TPSA) is 634 Å². The highest BCUT2D eigenvalue weighted by atomic mass is 33.1. The minimum atomic E-state index is -1.85. The summed E-state index contributed by atoms with van der Waals surface area (Å²) in [5, 5.41) is 57.5. The number of hydrogen-bond acceptors (Lipinski definition) is 32. The van der Waals surface area contributed by atoms with Gasteiger partial charge < -0.3 is 143 Å². The van der Waals surface area contributed by atoms with E-state index in [0.29, 0.717) is 50.8 Å². The number of fused-ring (bicyclic) bond motifs is 5. The summed E-state index contributed by atoms with van der Waals surface area (Å²) in [7, 11) is 1.78. The smallest absolute Gasteiger partial charge is 0.405 e. The molecule has 2 fully saturated rings. The van der Waals surface area contributed by atoms with Crippen molar-refractivity contribution in [3.63, 3.8) is 0 Å². The predicted molar refractivity (Wildman–Crippen MR) is 442 cm³/mol. The van der Waals surface area contributed by atoms with Crippen molar-refractivity contribution in [2.75, 3.05) is 201 Å². The van der Waals surface area contributed by atoms with Crippen LogP contribution in [0.2, 0.25) is 0 Å². The fourth-order valence-electron chi connectivity index (χ4n) is 10.4. The van der Waals surface area contributed by atoms with Crippen LogP contribution in [0.15, 0.2) is 59.8 Å². The van der Waals surface area contributed by atoms with Gasteiger partial charge in [-0.15, -0.1) is 11.8 Å². The van der Waals surface area contributed by atoms with Crippen LogP contribution in [0.25, 0.3) is 0 Å². The van der Waals surface area contributed by atoms with Crippen molar-refractivity contribution in [2.24, 2.45) is 16.6 Å². The van der Waals surface area contributed by atoms with Crippen LogP contribution in [-0.2, 0) is 126 Å². The molecule has 686 valence electrons. The molecule has 2 aromatic rings. The van der Waals surface area contributed by atoms with E-state index < -0.39 is 170 Å². The van der Waals surface area contributed by atoms with E-state index in [2.05, 4.69) is 84.3 Å². The Labute approximate surface area is 720 Å². The highest BCUT2D eigenvalue weighted by molar-refractivity contribution is 8.76. The summed E-state index contributed by atoms with van der Waals surface area (Å²) in [5.41, 5.74) is 11.5. The van der Waals surface area contributed by atoms with Gasteiger partial charge in [0.2, 0.25) is 65.0 Å². The van der Waals surface area contributed by atoms with Crippen molar-refractivity contribution in [1.82, 2.24) is 74.4 Å². The summed E-state index contributed by atoms with van der Waals surface area (Å²) in [5.74, 6) is -14.1. The van der Waals surface area contributed by atoms with Gasteiger partial charge in [0.15, 0.2) is 13.2 Å². The van der Waals surface area contributed by atoms with Crippen LogP contribution < -0.4 is 85.9 Å². The first-order chi connectivity index (χ1) is 59.3. The van der Waals surface area contributed by atoms with Gasteiger partial charge in [0, 0.05) is 56.4 Å². The minimum Gasteiger partial charge on any atom is -0.481 e. The van der Waals surface area contributed by atoms with Crippen molar-refractivity contribution < 1.29 is 134 Å². The number of unbranched alkanes of at least 4 members (excludes halogenated alkanes) is 1. The van der Waals surface area contributed by atoms with Gasteiger partial charge in [-0.3, -0.25) is 72.5 Å². The molecule has 4 rings (SSSR count). The summed E-state index contributed by atoms with van der Waals surface area (Å²) >= 11 is 0.858. The molecule has 2 aliphatic rings. The lowest BCUT2D eigenvalue weighted by Crippen LogP contribution is -2.60. The number of oxime groups is 1. The van der Waals surface area contributed by atoms with E-state index in [1.165, 1.54) is 30.5 Å². The average Bonchev–Trinajstić information content (AvgIpc) is 1.74. The number of carbonyl (C=O) groups is 15. The molecule has 49 heteroatoms. The van der Waals surface area contributed by atoms with E-state index in [1.807, 2.05) is 0 Å². The van der Waals surface area contributed by atoms with Crippen molar-refractivity contribution in [2.45, 2.75) is 87.2 Å². The van der Waals surface area contributed by atoms with Gasteiger partial charge in [-0.25, -0.2) is 9.18 Å². The van der Waals surface area contributed by atoms with Crippen LogP contribution in [0.3, 0.4) is 0 Å². The van der Waals surface area contributed by atoms with Crippen molar-refractivity contribution in [3.05, 3.63) is 71.5 Å². The maximum Gasteiger partial charge on any atom is 0.405 e. The second-order valence-corrected chi connectivity index (χ2v) is 30.0. The van der Waals surface area contributed by atoms with Crippen LogP contribution in [0.1, 0.15) is 49.7 Å². The molecular weight excluding hydrogens is 1690 g/mol. The number of primary amides is 1. The molecule has 0 aliphatic carbocycles. The first-order valence-corrected chi connectivity index (χ1v) is 42.9. The second-order valence-electron chi connectivity index (χ2n) is 26.4. The SMILES string of the molecule is N=C(N)CNCCC[C@@H]1NC(=O)[C@@H]2CSSC[C@H](NC(=O)[C@H](CC(=O)O)NC(=O)CNC1=O)C(=O)N[C@@H](Cc1ccccc1)C(=O)N[C@H](C(=O)NCCOCCOCOCCNC(=O)COC(N)=O)CSCC(=O)N[C@@H](CCCCNC(=O)COCC(=O)NCCOCCOCCOCCOCCOCCNC(=O)CO/N=C/c1ccc([18F])cc1)C(=O)N2. The Morgan fingerprint density at radius 1 is 0.496 bits per heavy atom. The Morgan fingerprint density at radius 3 is 1.56 bits per heavy atom. The molecule has 2 aliphatic heterocycles. The third-order valence-electron chi connectivity index (χ3n) is 16.5. The number of benzene rings is 2. The highest BCUT2D eigenvalue weighted by Crippen LogP contribution is 2.24. The van der Waals surface area contributed by atoms with Crippen LogP contribution in [0.4, 0.5) is 9.18 Å². The number of carboxylic acid groups (broad SMARTS) is 1. The van der Waals surface area contributed by atoms with Gasteiger partial charge >= 0.3 is 12.1 Å². The van der Waals surface area contributed by atoms with Gasteiger partial charge in [0.25, 0.3) is 11.8 Å². The lowest BCUT2D eigenvalue weighted by molar-refractivity contribution is -0.141. The molecule has 2 aromatic carbocycles. The molecule has 123 heavy (non-hydrogen) atoms. The van der Waals surface area contributed by atoms with E-state index in [4.69, 9.17) is 64.3 Å². The standard InChI is InChI=1S/C74H113FN18O27S3/c75-51-13-11-50(12-14-51)37-86-120-43-64(98)83-18-22-111-26-28-114-30-32-115-31-29-113-27-25-110-21-17-81-62(96)41-118-40-61(95)80-16-5-4-9-53-69(104)92-57-45-122-123-46-58(93-71(106)55(36-66(100)101)88-60(94)39-85-67(102)52(89-72(57)107)10-6-15-79-38-59(76)77)73(108)90-54(35-49-7-2-1-3-8-49)70(105)91-56(44-121-47-65(99)87-53)68(103)84-20-23-112-33-34-117-48-116-24-19-82-63(97)42-119-74(78)109/h1-3,7-8,11-14,37,52-58,79H,4-6,9-10,15-36,38-48H2,(H3,76,77)(H2,78,109)(H,80,95)(H,81,96)(H,82,97)(H,83,98)(H,84,103)(H,85,102)(H,87,99)(H,88,94)(H,89,107)(H,90,108)(H,91,105)(H,92,104)(H,93,106)(H,100,101)/b86-37+/t52-,53-,54-,55-,56-,57-,58-/m0/s1/i75-1. The molecule has 2 heterocycles. The van der Waals surface area contributed by atoms with Crippen LogP contribution >= 0.6 is 33.3 Å². The maximum atomic E-state index is 14.7. The zero-order valence-electron chi connectivity index (χ0n) is 68.0. The minimum absolute atomic E-state index is 0.0128. The molecule has 2 saturated heterocycles. The van der Waals surface area contributed by atoms with Gasteiger partial charge in [0.05, 0.1) is 124 Å². The van der Waals surface area contributed by atoms with Gasteiger partial charge in [-0.1, -0.05) is 69.2 Å². The molecule has 0 saturated carbocycles. The Bertz CT molecular complexity index is 3640. The van der Waals surface area contributed by atoms with Gasteiger partial charge in [-0.05, 0) is 61.9 Å². The maximum absolute atomic E-state index is 14.7. The predicted octanol–water partition coefficient (Wildman–Crippen LogP) is -6.20. The molecule has 0 unspecified atom stereocenters. The summed E-state index contributed by atoms with van der Waals surface area (Å²) < 4.78 is 66.3. The summed E-state index contributed by atoms with van der Waals surface area (Å²) in [6.07, 6.45) is -0.677. The number of rotatable bonds is 55. The number of ether oxygens (including phenoxy) is 10. The summed E-state index contributed by atoms with van der Waals surface area (Å²) in [6, 6.07) is 3.08. The lowest BCUT2D eigenvalue weighted by Gasteiger charge is -2.27. The number of nitrogens with one attached hydrogen (secondary N) is 15. The molecule has 45 nitrogen and oxygen atoms in total. The number of hydrogen-bond donors (Lipinski definition) is 18. The van der Waals surface area contributed by atoms with Crippen LogP contribution in [0, 0.1) is 11.2 Å². The molecule has 7 atom stereocenters. The molecule has 0 spiro atoms. The quantitative estimate of drug-likeness (QED) is 0.00732. The third-order valence-corrected chi connectivity index (χ3v) is 19.9. The van der Waals surface area contributed by atoms with Gasteiger partial charge in [-0.2, -0.15) is 0 Å². The fraction of sp³-hybridized carbons (Fsp3) is 0.608. The Kier molecular flexibility index (Phi) is 56.0. The first-order valence-electron chi connectivity index (χ1n) is 39.2. The average molecular weight is 1800 g/mol. The monoisotopic (exact) mass is 1800 g/mol. The molecule has 0 radical (unpaired) electrons. The zero-order valence-corrected chi connectivity index (χ0v) is 70.4. The number of carbonyl (C=O) groups excluding carboxylic acids is 14. The Hall–Kier alpha value is -10.2. The molecule has 2 bridgehead atoms. The summed E-state index contributed by atoms with van der Waals surface area (Å²) in [4.78, 5) is 205. The molecule has 14 amide bonds. The largest absolute Gasteiger partial charge is 0.481 e. The van der Waals surface area contributed by atoms with Crippen molar-refractivity contribution in [1.29, 1.82) is 5.41 Å². The molecule has 0 aromatic heterocycles. The van der Waals surface area contributed by atoms with E-state index in [0.717, 1.165) is 33.3 Å². The zero-order chi connectivity index (χ0) is 89.5.